The van der Waals surface area contributed by atoms with E-state index in [2.05, 4.69) is 5.32 Å². The molecule has 2 amide bonds. The van der Waals surface area contributed by atoms with Gasteiger partial charge in [-0.2, -0.15) is 0 Å². The molecular formula is C25H32ClN3O6S. The second-order valence-electron chi connectivity index (χ2n) is 9.58. The normalized spacial score (nSPS) is 13.7. The highest BCUT2D eigenvalue weighted by Gasteiger charge is 2.33. The fraction of sp³-hybridized carbons (Fsp3) is 0.440. The summed E-state index contributed by atoms with van der Waals surface area (Å²) in [6, 6.07) is 10.8. The molecule has 1 atom stereocenters. The molecule has 36 heavy (non-hydrogen) atoms. The molecule has 9 nitrogen and oxygen atoms in total. The molecule has 11 heteroatoms. The van der Waals surface area contributed by atoms with Crippen LogP contribution in [0, 0.1) is 0 Å². The van der Waals surface area contributed by atoms with E-state index in [4.69, 9.17) is 21.1 Å². The van der Waals surface area contributed by atoms with Crippen LogP contribution in [0.5, 0.6) is 11.5 Å². The van der Waals surface area contributed by atoms with E-state index in [-0.39, 0.29) is 24.9 Å². The molecule has 0 spiro atoms. The van der Waals surface area contributed by atoms with Gasteiger partial charge in [0.05, 0.1) is 11.9 Å². The molecule has 1 heterocycles. The molecule has 0 saturated heterocycles. The zero-order valence-electron chi connectivity index (χ0n) is 21.1. The first-order chi connectivity index (χ1) is 16.8. The minimum atomic E-state index is -3.86. The van der Waals surface area contributed by atoms with Crippen LogP contribution in [0.4, 0.5) is 5.69 Å². The summed E-state index contributed by atoms with van der Waals surface area (Å²) in [6.45, 7) is 6.90. The van der Waals surface area contributed by atoms with E-state index in [1.165, 1.54) is 11.0 Å². The summed E-state index contributed by atoms with van der Waals surface area (Å²) in [6.07, 6.45) is 1.34. The van der Waals surface area contributed by atoms with Gasteiger partial charge in [-0.25, -0.2) is 8.42 Å². The highest BCUT2D eigenvalue weighted by atomic mass is 35.5. The molecule has 2 aromatic rings. The number of carbonyl (C=O) groups excluding carboxylic acids is 2. The molecule has 0 unspecified atom stereocenters. The summed E-state index contributed by atoms with van der Waals surface area (Å²) in [5, 5.41) is 3.36. The van der Waals surface area contributed by atoms with Crippen LogP contribution >= 0.6 is 11.6 Å². The Morgan fingerprint density at radius 1 is 1.11 bits per heavy atom. The predicted octanol–water partition coefficient (Wildman–Crippen LogP) is 3.56. The number of rotatable bonds is 9. The van der Waals surface area contributed by atoms with Crippen molar-refractivity contribution < 1.29 is 27.5 Å². The van der Waals surface area contributed by atoms with E-state index in [1.807, 2.05) is 20.8 Å². The quantitative estimate of drug-likeness (QED) is 0.524. The highest BCUT2D eigenvalue weighted by molar-refractivity contribution is 7.92. The number of carbonyl (C=O) groups is 2. The number of benzene rings is 2. The predicted molar refractivity (Wildman–Crippen MR) is 139 cm³/mol. The van der Waals surface area contributed by atoms with Gasteiger partial charge in [-0.05, 0) is 51.0 Å². The van der Waals surface area contributed by atoms with Crippen molar-refractivity contribution in [2.75, 3.05) is 23.9 Å². The van der Waals surface area contributed by atoms with Gasteiger partial charge >= 0.3 is 0 Å². The zero-order chi connectivity index (χ0) is 26.7. The lowest BCUT2D eigenvalue weighted by atomic mass is 10.1. The number of ether oxygens (including phenoxy) is 2. The maximum atomic E-state index is 13.7. The van der Waals surface area contributed by atoms with E-state index in [0.717, 1.165) is 10.6 Å². The maximum Gasteiger partial charge on any atom is 0.244 e. The number of anilines is 1. The Balaban J connectivity index is 1.97. The molecule has 0 saturated carbocycles. The van der Waals surface area contributed by atoms with Crippen molar-refractivity contribution in [2.45, 2.75) is 52.2 Å². The molecule has 2 aromatic carbocycles. The summed E-state index contributed by atoms with van der Waals surface area (Å²) < 4.78 is 37.2. The summed E-state index contributed by atoms with van der Waals surface area (Å²) in [5.74, 6) is -0.00501. The van der Waals surface area contributed by atoms with E-state index in [9.17, 15) is 18.0 Å². The Bertz CT molecular complexity index is 1230. The number of nitrogens with one attached hydrogen (secondary N) is 1. The van der Waals surface area contributed by atoms with Crippen molar-refractivity contribution in [1.29, 1.82) is 0 Å². The van der Waals surface area contributed by atoms with Crippen LogP contribution in [0.2, 0.25) is 5.02 Å². The first-order valence-corrected chi connectivity index (χ1v) is 13.7. The van der Waals surface area contributed by atoms with Gasteiger partial charge in [-0.15, -0.1) is 0 Å². The van der Waals surface area contributed by atoms with E-state index < -0.39 is 34.1 Å². The van der Waals surface area contributed by atoms with Crippen LogP contribution in [0.3, 0.4) is 0 Å². The first-order valence-electron chi connectivity index (χ1n) is 11.5. The molecule has 196 valence electrons. The van der Waals surface area contributed by atoms with Crippen LogP contribution in [-0.2, 0) is 26.2 Å². The Kier molecular flexibility index (Phi) is 8.40. The summed E-state index contributed by atoms with van der Waals surface area (Å²) in [5.41, 5.74) is 0.373. The lowest BCUT2D eigenvalue weighted by Crippen LogP contribution is -2.55. The number of fused-ring (bicyclic) bond motifs is 1. The fourth-order valence-electron chi connectivity index (χ4n) is 3.84. The number of halogens is 1. The van der Waals surface area contributed by atoms with Crippen LogP contribution in [0.15, 0.2) is 42.5 Å². The average molecular weight is 538 g/mol. The first kappa shape index (κ1) is 27.6. The second-order valence-corrected chi connectivity index (χ2v) is 11.9. The van der Waals surface area contributed by atoms with Gasteiger partial charge < -0.3 is 19.7 Å². The van der Waals surface area contributed by atoms with Crippen LogP contribution in [0.1, 0.15) is 39.7 Å². The van der Waals surface area contributed by atoms with Gasteiger partial charge in [0.1, 0.15) is 12.6 Å². The van der Waals surface area contributed by atoms with Gasteiger partial charge in [0.25, 0.3) is 0 Å². The van der Waals surface area contributed by atoms with Crippen molar-refractivity contribution in [3.8, 4) is 11.5 Å². The van der Waals surface area contributed by atoms with Gasteiger partial charge in [-0.3, -0.25) is 13.9 Å². The number of sulfonamides is 1. The molecule has 0 fully saturated rings. The zero-order valence-corrected chi connectivity index (χ0v) is 22.6. The molecule has 0 aromatic heterocycles. The molecule has 0 bridgehead atoms. The topological polar surface area (TPSA) is 105 Å². The summed E-state index contributed by atoms with van der Waals surface area (Å²) >= 11 is 6.36. The molecule has 1 aliphatic rings. The van der Waals surface area contributed by atoms with Gasteiger partial charge in [0.15, 0.2) is 11.5 Å². The standard InChI is InChI=1S/C25H32ClN3O6S/c1-6-20(24(31)27-25(2,3)4)28(14-17-9-7-8-10-19(17)26)23(30)15-29(36(5,32)33)18-11-12-21-22(13-18)35-16-34-21/h7-13,20H,6,14-16H2,1-5H3,(H,27,31)/t20-/m0/s1. The highest BCUT2D eigenvalue weighted by Crippen LogP contribution is 2.36. The Morgan fingerprint density at radius 2 is 1.78 bits per heavy atom. The smallest absolute Gasteiger partial charge is 0.244 e. The molecule has 1 aliphatic heterocycles. The van der Waals surface area contributed by atoms with Crippen molar-refractivity contribution >= 4 is 39.1 Å². The number of nitrogens with zero attached hydrogens (tertiary/aromatic N) is 2. The number of amides is 2. The minimum absolute atomic E-state index is 0.0310. The molecule has 3 rings (SSSR count). The largest absolute Gasteiger partial charge is 0.454 e. The van der Waals surface area contributed by atoms with Gasteiger partial charge in [0.2, 0.25) is 28.6 Å². The molecular weight excluding hydrogens is 506 g/mol. The van der Waals surface area contributed by atoms with Crippen LogP contribution in [-0.4, -0.2) is 56.3 Å². The maximum absolute atomic E-state index is 13.7. The molecule has 0 aliphatic carbocycles. The Labute approximate surface area is 217 Å². The Hall–Kier alpha value is -2.98. The monoisotopic (exact) mass is 537 g/mol. The van der Waals surface area contributed by atoms with E-state index in [0.29, 0.717) is 28.5 Å². The lowest BCUT2D eigenvalue weighted by Gasteiger charge is -2.34. The Morgan fingerprint density at radius 3 is 2.39 bits per heavy atom. The van der Waals surface area contributed by atoms with Crippen molar-refractivity contribution in [3.05, 3.63) is 53.1 Å². The molecule has 1 N–H and O–H groups in total. The SMILES string of the molecule is CC[C@@H](C(=O)NC(C)(C)C)N(Cc1ccccc1Cl)C(=O)CN(c1ccc2c(c1)OCO2)S(C)(=O)=O. The third kappa shape index (κ3) is 6.82. The third-order valence-corrected chi connectivity index (χ3v) is 7.02. The van der Waals surface area contributed by atoms with Crippen molar-refractivity contribution in [1.82, 2.24) is 10.2 Å². The second kappa shape index (κ2) is 11.0. The third-order valence-electron chi connectivity index (χ3n) is 5.51. The van der Waals surface area contributed by atoms with Gasteiger partial charge in [-0.1, -0.05) is 36.7 Å². The fourth-order valence-corrected chi connectivity index (χ4v) is 4.87. The molecule has 0 radical (unpaired) electrons. The van der Waals surface area contributed by atoms with E-state index >= 15 is 0 Å². The van der Waals surface area contributed by atoms with Crippen LogP contribution in [0.25, 0.3) is 0 Å². The van der Waals surface area contributed by atoms with Gasteiger partial charge in [0, 0.05) is 23.2 Å². The lowest BCUT2D eigenvalue weighted by molar-refractivity contribution is -0.141. The van der Waals surface area contributed by atoms with Crippen LogP contribution < -0.4 is 19.1 Å². The number of hydrogen-bond donors (Lipinski definition) is 1. The van der Waals surface area contributed by atoms with Crippen molar-refractivity contribution in [3.63, 3.8) is 0 Å². The number of hydrogen-bond acceptors (Lipinski definition) is 6. The average Bonchev–Trinajstić information content (AvgIpc) is 3.24. The van der Waals surface area contributed by atoms with E-state index in [1.54, 1.807) is 43.3 Å². The van der Waals surface area contributed by atoms with Crippen molar-refractivity contribution in [2.24, 2.45) is 0 Å². The minimum Gasteiger partial charge on any atom is -0.454 e. The summed E-state index contributed by atoms with van der Waals surface area (Å²) in [7, 11) is -3.86. The summed E-state index contributed by atoms with van der Waals surface area (Å²) in [4.78, 5) is 28.3.